The standard InChI is InChI=1S/C19H25N5O2/c25-18(11-7-12-20-19(26)15-8-3-1-4-9-15)21-14-17-23-22-16-10-5-2-6-13-24(16)17/h1,3-4,8-9H,2,5-7,10-14H2,(H,20,26)(H,21,25). The Hall–Kier alpha value is -2.70. The second-order valence-corrected chi connectivity index (χ2v) is 6.50. The van der Waals surface area contributed by atoms with E-state index in [2.05, 4.69) is 25.4 Å². The second kappa shape index (κ2) is 9.12. The summed E-state index contributed by atoms with van der Waals surface area (Å²) in [4.78, 5) is 23.9. The van der Waals surface area contributed by atoms with E-state index in [4.69, 9.17) is 0 Å². The Morgan fingerprint density at radius 1 is 1.04 bits per heavy atom. The van der Waals surface area contributed by atoms with Crippen molar-refractivity contribution in [1.82, 2.24) is 25.4 Å². The number of amides is 2. The van der Waals surface area contributed by atoms with Crippen LogP contribution in [0.1, 0.15) is 54.1 Å². The quantitative estimate of drug-likeness (QED) is 0.742. The predicted octanol–water partition coefficient (Wildman–Crippen LogP) is 1.83. The number of nitrogens with zero attached hydrogens (tertiary/aromatic N) is 3. The highest BCUT2D eigenvalue weighted by atomic mass is 16.2. The van der Waals surface area contributed by atoms with Crippen LogP contribution in [0.2, 0.25) is 0 Å². The van der Waals surface area contributed by atoms with Crippen molar-refractivity contribution in [3.8, 4) is 0 Å². The number of carbonyl (C=O) groups is 2. The lowest BCUT2D eigenvalue weighted by Crippen LogP contribution is -2.28. The summed E-state index contributed by atoms with van der Waals surface area (Å²) in [6.45, 7) is 1.81. The minimum absolute atomic E-state index is 0.0371. The minimum Gasteiger partial charge on any atom is -0.352 e. The van der Waals surface area contributed by atoms with E-state index < -0.39 is 0 Å². The summed E-state index contributed by atoms with van der Waals surface area (Å²) >= 11 is 0. The van der Waals surface area contributed by atoms with E-state index in [9.17, 15) is 9.59 Å². The fourth-order valence-corrected chi connectivity index (χ4v) is 3.08. The number of carbonyl (C=O) groups excluding carboxylic acids is 2. The third-order valence-corrected chi connectivity index (χ3v) is 4.53. The summed E-state index contributed by atoms with van der Waals surface area (Å²) in [5.74, 6) is 1.70. The fourth-order valence-electron chi connectivity index (χ4n) is 3.08. The monoisotopic (exact) mass is 355 g/mol. The summed E-state index contributed by atoms with van der Waals surface area (Å²) < 4.78 is 2.13. The van der Waals surface area contributed by atoms with Gasteiger partial charge in [0.1, 0.15) is 5.82 Å². The van der Waals surface area contributed by atoms with Crippen molar-refractivity contribution >= 4 is 11.8 Å². The zero-order valence-electron chi connectivity index (χ0n) is 14.9. The smallest absolute Gasteiger partial charge is 0.251 e. The van der Waals surface area contributed by atoms with Gasteiger partial charge in [-0.05, 0) is 31.4 Å². The van der Waals surface area contributed by atoms with Crippen LogP contribution in [0.15, 0.2) is 30.3 Å². The maximum atomic E-state index is 12.0. The molecule has 2 N–H and O–H groups in total. The van der Waals surface area contributed by atoms with Crippen LogP contribution in [0, 0.1) is 0 Å². The van der Waals surface area contributed by atoms with Crippen LogP contribution in [0.3, 0.4) is 0 Å². The van der Waals surface area contributed by atoms with Crippen LogP contribution in [-0.2, 0) is 24.3 Å². The molecule has 0 spiro atoms. The Labute approximate surface area is 153 Å². The van der Waals surface area contributed by atoms with Crippen LogP contribution in [-0.4, -0.2) is 33.1 Å². The summed E-state index contributed by atoms with van der Waals surface area (Å²) in [5, 5.41) is 14.2. The lowest BCUT2D eigenvalue weighted by Gasteiger charge is -2.08. The lowest BCUT2D eigenvalue weighted by atomic mass is 10.2. The first kappa shape index (κ1) is 18.1. The molecule has 0 saturated carbocycles. The van der Waals surface area contributed by atoms with Crippen LogP contribution >= 0.6 is 0 Å². The maximum absolute atomic E-state index is 12.0. The van der Waals surface area contributed by atoms with Crippen molar-refractivity contribution in [2.75, 3.05) is 6.54 Å². The predicted molar refractivity (Wildman–Crippen MR) is 97.4 cm³/mol. The molecule has 0 saturated heterocycles. The van der Waals surface area contributed by atoms with Crippen LogP contribution in [0.5, 0.6) is 0 Å². The molecule has 2 amide bonds. The van der Waals surface area contributed by atoms with Gasteiger partial charge in [-0.1, -0.05) is 24.6 Å². The highest BCUT2D eigenvalue weighted by molar-refractivity contribution is 5.94. The molecule has 0 unspecified atom stereocenters. The molecule has 1 aromatic heterocycles. The van der Waals surface area contributed by atoms with Gasteiger partial charge in [0.05, 0.1) is 6.54 Å². The first-order valence-corrected chi connectivity index (χ1v) is 9.25. The van der Waals surface area contributed by atoms with Gasteiger partial charge in [0.25, 0.3) is 5.91 Å². The van der Waals surface area contributed by atoms with Crippen molar-refractivity contribution in [3.05, 3.63) is 47.5 Å². The molecule has 0 aliphatic carbocycles. The number of hydrogen-bond donors (Lipinski definition) is 2. The Morgan fingerprint density at radius 3 is 2.73 bits per heavy atom. The van der Waals surface area contributed by atoms with Gasteiger partial charge in [0, 0.05) is 31.5 Å². The minimum atomic E-state index is -0.114. The van der Waals surface area contributed by atoms with Gasteiger partial charge in [0.15, 0.2) is 5.82 Å². The van der Waals surface area contributed by atoms with E-state index in [0.29, 0.717) is 31.5 Å². The lowest BCUT2D eigenvalue weighted by molar-refractivity contribution is -0.121. The van der Waals surface area contributed by atoms with E-state index in [0.717, 1.165) is 37.5 Å². The third kappa shape index (κ3) is 4.91. The molecule has 0 fully saturated rings. The zero-order valence-corrected chi connectivity index (χ0v) is 14.9. The zero-order chi connectivity index (χ0) is 18.2. The second-order valence-electron chi connectivity index (χ2n) is 6.50. The molecular weight excluding hydrogens is 330 g/mol. The molecule has 7 heteroatoms. The molecule has 1 aliphatic heterocycles. The fraction of sp³-hybridized carbons (Fsp3) is 0.474. The van der Waals surface area contributed by atoms with Gasteiger partial charge >= 0.3 is 0 Å². The molecule has 0 atom stereocenters. The first-order chi connectivity index (χ1) is 12.7. The molecule has 0 bridgehead atoms. The van der Waals surface area contributed by atoms with Crippen molar-refractivity contribution in [3.63, 3.8) is 0 Å². The van der Waals surface area contributed by atoms with Crippen LogP contribution < -0.4 is 10.6 Å². The number of aromatic nitrogens is 3. The van der Waals surface area contributed by atoms with E-state index >= 15 is 0 Å². The van der Waals surface area contributed by atoms with Crippen molar-refractivity contribution in [2.24, 2.45) is 0 Å². The van der Waals surface area contributed by atoms with Gasteiger partial charge in [-0.3, -0.25) is 9.59 Å². The SMILES string of the molecule is O=C(CCCNC(=O)c1ccccc1)NCc1nnc2n1CCCCC2. The van der Waals surface area contributed by atoms with Gasteiger partial charge in [-0.15, -0.1) is 10.2 Å². The largest absolute Gasteiger partial charge is 0.352 e. The summed E-state index contributed by atoms with van der Waals surface area (Å²) in [5.41, 5.74) is 0.629. The third-order valence-electron chi connectivity index (χ3n) is 4.53. The molecular formula is C19H25N5O2. The molecule has 1 aliphatic rings. The molecule has 26 heavy (non-hydrogen) atoms. The van der Waals surface area contributed by atoms with E-state index in [1.54, 1.807) is 12.1 Å². The van der Waals surface area contributed by atoms with Gasteiger partial charge < -0.3 is 15.2 Å². The number of benzene rings is 1. The summed E-state index contributed by atoms with van der Waals surface area (Å²) in [7, 11) is 0. The highest BCUT2D eigenvalue weighted by Gasteiger charge is 2.15. The Morgan fingerprint density at radius 2 is 1.88 bits per heavy atom. The number of nitrogens with one attached hydrogen (secondary N) is 2. The number of aryl methyl sites for hydroxylation is 1. The van der Waals surface area contributed by atoms with Crippen LogP contribution in [0.4, 0.5) is 0 Å². The Bertz CT molecular complexity index is 742. The Balaban J connectivity index is 1.36. The molecule has 2 aromatic rings. The van der Waals surface area contributed by atoms with Gasteiger partial charge in [-0.25, -0.2) is 0 Å². The highest BCUT2D eigenvalue weighted by Crippen LogP contribution is 2.14. The maximum Gasteiger partial charge on any atom is 0.251 e. The van der Waals surface area contributed by atoms with Crippen molar-refractivity contribution in [2.45, 2.75) is 51.6 Å². The van der Waals surface area contributed by atoms with Crippen LogP contribution in [0.25, 0.3) is 0 Å². The van der Waals surface area contributed by atoms with E-state index in [1.165, 1.54) is 6.42 Å². The number of fused-ring (bicyclic) bond motifs is 1. The van der Waals surface area contributed by atoms with Crippen molar-refractivity contribution < 1.29 is 9.59 Å². The molecule has 1 aromatic carbocycles. The summed E-state index contributed by atoms with van der Waals surface area (Å²) in [6, 6.07) is 9.06. The van der Waals surface area contributed by atoms with Gasteiger partial charge in [-0.2, -0.15) is 0 Å². The molecule has 138 valence electrons. The van der Waals surface area contributed by atoms with E-state index in [1.807, 2.05) is 18.2 Å². The average molecular weight is 355 g/mol. The van der Waals surface area contributed by atoms with Crippen molar-refractivity contribution in [1.29, 1.82) is 0 Å². The number of hydrogen-bond acceptors (Lipinski definition) is 4. The van der Waals surface area contributed by atoms with E-state index in [-0.39, 0.29) is 11.8 Å². The topological polar surface area (TPSA) is 88.9 Å². The Kier molecular flexibility index (Phi) is 6.35. The molecule has 0 radical (unpaired) electrons. The summed E-state index contributed by atoms with van der Waals surface area (Å²) in [6.07, 6.45) is 5.43. The number of rotatable bonds is 7. The normalized spacial score (nSPS) is 13.5. The molecule has 7 nitrogen and oxygen atoms in total. The first-order valence-electron chi connectivity index (χ1n) is 9.25. The molecule has 2 heterocycles. The van der Waals surface area contributed by atoms with Gasteiger partial charge in [0.2, 0.25) is 5.91 Å². The molecule has 3 rings (SSSR count). The average Bonchev–Trinajstić information content (AvgIpc) is 2.90.